The Hall–Kier alpha value is -2.75. The summed E-state index contributed by atoms with van der Waals surface area (Å²) in [5.41, 5.74) is 3.42. The number of nitrogens with zero attached hydrogens (tertiary/aromatic N) is 4. The molecule has 1 aromatic carbocycles. The van der Waals surface area contributed by atoms with Crippen molar-refractivity contribution in [3.05, 3.63) is 52.1 Å². The van der Waals surface area contributed by atoms with Crippen molar-refractivity contribution in [3.63, 3.8) is 0 Å². The van der Waals surface area contributed by atoms with Crippen molar-refractivity contribution < 1.29 is 9.13 Å². The van der Waals surface area contributed by atoms with Gasteiger partial charge in [-0.2, -0.15) is 10.1 Å². The Bertz CT molecular complexity index is 1170. The van der Waals surface area contributed by atoms with Crippen LogP contribution in [0, 0.1) is 19.7 Å². The van der Waals surface area contributed by atoms with E-state index in [0.29, 0.717) is 34.3 Å². The maximum absolute atomic E-state index is 15.2. The minimum Gasteiger partial charge on any atom is -0.379 e. The number of anilines is 4. The number of aromatic nitrogens is 4. The van der Waals surface area contributed by atoms with E-state index in [0.717, 1.165) is 68.8 Å². The fourth-order valence-corrected chi connectivity index (χ4v) is 5.30. The summed E-state index contributed by atoms with van der Waals surface area (Å²) in [4.78, 5) is 11.2. The predicted octanol–water partition coefficient (Wildman–Crippen LogP) is 5.45. The Morgan fingerprint density at radius 3 is 2.57 bits per heavy atom. The van der Waals surface area contributed by atoms with Crippen LogP contribution in [0.25, 0.3) is 0 Å². The number of hydrogen-bond acceptors (Lipinski definition) is 7. The summed E-state index contributed by atoms with van der Waals surface area (Å²) in [5.74, 6) is 1.30. The second kappa shape index (κ2) is 10.5. The third-order valence-corrected chi connectivity index (χ3v) is 7.27. The van der Waals surface area contributed by atoms with E-state index < -0.39 is 0 Å². The highest BCUT2D eigenvalue weighted by molar-refractivity contribution is 6.32. The molecule has 0 spiro atoms. The topological polar surface area (TPSA) is 91.0 Å². The van der Waals surface area contributed by atoms with Crippen molar-refractivity contribution in [3.8, 4) is 0 Å². The lowest BCUT2D eigenvalue weighted by molar-refractivity contribution is 0.00728. The van der Waals surface area contributed by atoms with E-state index in [-0.39, 0.29) is 11.8 Å². The molecule has 0 bridgehead atoms. The average Bonchev–Trinajstić information content (AvgIpc) is 3.28. The van der Waals surface area contributed by atoms with E-state index in [9.17, 15) is 0 Å². The molecular formula is C25H31ClFN7O. The molecule has 0 radical (unpaired) electrons. The fourth-order valence-electron chi connectivity index (χ4n) is 5.17. The van der Waals surface area contributed by atoms with Crippen molar-refractivity contribution >= 4 is 34.9 Å². The van der Waals surface area contributed by atoms with Crippen LogP contribution in [0.4, 0.5) is 27.7 Å². The molecule has 0 amide bonds. The van der Waals surface area contributed by atoms with Gasteiger partial charge in [0, 0.05) is 30.9 Å². The van der Waals surface area contributed by atoms with Crippen molar-refractivity contribution in [2.75, 3.05) is 36.9 Å². The lowest BCUT2D eigenvalue weighted by atomic mass is 9.79. The van der Waals surface area contributed by atoms with Gasteiger partial charge in [0.15, 0.2) is 11.6 Å². The Balaban J connectivity index is 1.26. The van der Waals surface area contributed by atoms with Gasteiger partial charge in [-0.25, -0.2) is 9.37 Å². The van der Waals surface area contributed by atoms with Gasteiger partial charge in [0.05, 0.1) is 25.1 Å². The summed E-state index contributed by atoms with van der Waals surface area (Å²) in [7, 11) is 0. The average molecular weight is 500 g/mol. The molecule has 1 aliphatic carbocycles. The Kier molecular flexibility index (Phi) is 7.17. The number of aryl methyl sites for hydroxylation is 2. The largest absolute Gasteiger partial charge is 0.379 e. The molecule has 186 valence electrons. The molecule has 1 saturated heterocycles. The number of aromatic amines is 1. The van der Waals surface area contributed by atoms with Crippen LogP contribution in [0.2, 0.25) is 5.02 Å². The highest BCUT2D eigenvalue weighted by Crippen LogP contribution is 2.38. The summed E-state index contributed by atoms with van der Waals surface area (Å²) in [6, 6.07) is 5.98. The van der Waals surface area contributed by atoms with E-state index in [1.807, 2.05) is 26.0 Å². The van der Waals surface area contributed by atoms with Gasteiger partial charge in [-0.1, -0.05) is 11.6 Å². The monoisotopic (exact) mass is 499 g/mol. The smallest absolute Gasteiger partial charge is 0.229 e. The van der Waals surface area contributed by atoms with Crippen molar-refractivity contribution in [1.29, 1.82) is 0 Å². The lowest BCUT2D eigenvalue weighted by Gasteiger charge is -2.39. The first-order valence-corrected chi connectivity index (χ1v) is 12.5. The maximum atomic E-state index is 15.2. The van der Waals surface area contributed by atoms with Crippen molar-refractivity contribution in [2.24, 2.45) is 0 Å². The molecule has 0 atom stereocenters. The summed E-state index contributed by atoms with van der Waals surface area (Å²) in [6.07, 6.45) is 5.93. The van der Waals surface area contributed by atoms with E-state index in [1.165, 1.54) is 6.20 Å². The molecule has 1 saturated carbocycles. The van der Waals surface area contributed by atoms with E-state index >= 15 is 4.39 Å². The number of halogens is 2. The van der Waals surface area contributed by atoms with Crippen LogP contribution in [0.3, 0.4) is 0 Å². The Morgan fingerprint density at radius 2 is 1.86 bits per heavy atom. The number of hydrogen-bond donors (Lipinski definition) is 3. The third-order valence-electron chi connectivity index (χ3n) is 7.00. The van der Waals surface area contributed by atoms with Crippen LogP contribution in [-0.4, -0.2) is 57.4 Å². The molecule has 1 aliphatic heterocycles. The molecule has 5 rings (SSSR count). The van der Waals surface area contributed by atoms with E-state index in [1.54, 1.807) is 6.07 Å². The van der Waals surface area contributed by atoms with Crippen LogP contribution >= 0.6 is 11.6 Å². The van der Waals surface area contributed by atoms with Gasteiger partial charge in [0.25, 0.3) is 0 Å². The summed E-state index contributed by atoms with van der Waals surface area (Å²) in [5, 5.41) is 13.4. The first-order chi connectivity index (χ1) is 17.0. The Labute approximate surface area is 209 Å². The summed E-state index contributed by atoms with van der Waals surface area (Å²) < 4.78 is 20.7. The molecule has 3 N–H and O–H groups in total. The van der Waals surface area contributed by atoms with E-state index in [2.05, 4.69) is 35.7 Å². The van der Waals surface area contributed by atoms with Gasteiger partial charge < -0.3 is 15.4 Å². The molecule has 35 heavy (non-hydrogen) atoms. The van der Waals surface area contributed by atoms with Gasteiger partial charge in [-0.05, 0) is 68.7 Å². The quantitative estimate of drug-likeness (QED) is 0.415. The number of benzene rings is 1. The number of nitrogens with one attached hydrogen (secondary N) is 3. The number of rotatable bonds is 6. The van der Waals surface area contributed by atoms with Crippen LogP contribution in [-0.2, 0) is 4.74 Å². The summed E-state index contributed by atoms with van der Waals surface area (Å²) in [6.45, 7) is 7.65. The minimum absolute atomic E-state index is 0.251. The zero-order chi connectivity index (χ0) is 24.4. The van der Waals surface area contributed by atoms with Crippen molar-refractivity contribution in [2.45, 2.75) is 51.5 Å². The second-order valence-electron chi connectivity index (χ2n) is 9.42. The molecule has 2 aliphatic rings. The second-order valence-corrected chi connectivity index (χ2v) is 9.83. The van der Waals surface area contributed by atoms with Crippen LogP contribution < -0.4 is 10.6 Å². The zero-order valence-corrected chi connectivity index (χ0v) is 20.8. The molecule has 10 heteroatoms. The predicted molar refractivity (Wildman–Crippen MR) is 135 cm³/mol. The lowest BCUT2D eigenvalue weighted by Crippen LogP contribution is -2.44. The molecule has 8 nitrogen and oxygen atoms in total. The molecule has 3 heterocycles. The van der Waals surface area contributed by atoms with Gasteiger partial charge in [0.2, 0.25) is 5.95 Å². The highest BCUT2D eigenvalue weighted by atomic mass is 35.5. The van der Waals surface area contributed by atoms with Gasteiger partial charge in [-0.15, -0.1) is 0 Å². The van der Waals surface area contributed by atoms with Gasteiger partial charge in [0.1, 0.15) is 10.8 Å². The number of ether oxygens (including phenoxy) is 1. The molecular weight excluding hydrogens is 469 g/mol. The number of H-pyrrole nitrogens is 1. The van der Waals surface area contributed by atoms with Crippen LogP contribution in [0.1, 0.15) is 48.4 Å². The SMILES string of the molecule is Cc1cc(Nc2nc(Nc3cc(C)c(C4CCC(N5CCOCC5)CC4)cc3F)ncc2Cl)n[nH]1. The summed E-state index contributed by atoms with van der Waals surface area (Å²) >= 11 is 6.24. The molecule has 3 aromatic rings. The Morgan fingerprint density at radius 1 is 1.09 bits per heavy atom. The first-order valence-electron chi connectivity index (χ1n) is 12.2. The van der Waals surface area contributed by atoms with Crippen LogP contribution in [0.5, 0.6) is 0 Å². The standard InChI is InChI=1S/C25H31ClFN7O/c1-15-11-22(29-25-28-14-20(26)24(31-25)30-23-12-16(2)32-33-23)21(27)13-19(15)17-3-5-18(6-4-17)34-7-9-35-10-8-34/h11-14,17-18H,3-10H2,1-2H3,(H3,28,29,30,31,32,33). The van der Waals surface area contributed by atoms with Gasteiger partial charge >= 0.3 is 0 Å². The number of morpholine rings is 1. The molecule has 2 fully saturated rings. The normalized spacial score (nSPS) is 21.1. The van der Waals surface area contributed by atoms with Crippen LogP contribution in [0.15, 0.2) is 24.4 Å². The van der Waals surface area contributed by atoms with E-state index in [4.69, 9.17) is 16.3 Å². The van der Waals surface area contributed by atoms with Gasteiger partial charge in [-0.3, -0.25) is 10.00 Å². The first kappa shape index (κ1) is 24.0. The zero-order valence-electron chi connectivity index (χ0n) is 20.1. The van der Waals surface area contributed by atoms with Crippen molar-refractivity contribution in [1.82, 2.24) is 25.1 Å². The maximum Gasteiger partial charge on any atom is 0.229 e. The fraction of sp³-hybridized carbons (Fsp3) is 0.480. The third kappa shape index (κ3) is 5.58. The molecule has 2 aromatic heterocycles. The molecule has 0 unspecified atom stereocenters. The highest BCUT2D eigenvalue weighted by Gasteiger charge is 2.28. The minimum atomic E-state index is -0.308.